The van der Waals surface area contributed by atoms with Crippen LogP contribution in [0, 0.1) is 5.82 Å². The van der Waals surface area contributed by atoms with Gasteiger partial charge in [-0.3, -0.25) is 4.90 Å². The van der Waals surface area contributed by atoms with Gasteiger partial charge in [0.15, 0.2) is 0 Å². The lowest BCUT2D eigenvalue weighted by Crippen LogP contribution is -2.39. The summed E-state index contributed by atoms with van der Waals surface area (Å²) in [4.78, 5) is 32.0. The van der Waals surface area contributed by atoms with Gasteiger partial charge in [0.2, 0.25) is 0 Å². The Labute approximate surface area is 211 Å². The molecule has 0 bridgehead atoms. The molecule has 2 fully saturated rings. The number of rotatable bonds is 2. The van der Waals surface area contributed by atoms with Crippen molar-refractivity contribution in [3.8, 4) is 0 Å². The molecule has 35 heavy (non-hydrogen) atoms. The van der Waals surface area contributed by atoms with E-state index < -0.39 is 29.2 Å². The van der Waals surface area contributed by atoms with E-state index in [0.717, 1.165) is 4.47 Å². The lowest BCUT2D eigenvalue weighted by Gasteiger charge is -2.35. The second kappa shape index (κ2) is 8.62. The predicted molar refractivity (Wildman–Crippen MR) is 133 cm³/mol. The fraction of sp³-hybridized carbons (Fsp3) is 0.423. The van der Waals surface area contributed by atoms with Crippen molar-refractivity contribution in [2.24, 2.45) is 0 Å². The van der Waals surface area contributed by atoms with Gasteiger partial charge in [-0.25, -0.2) is 23.5 Å². The molecule has 1 saturated carbocycles. The molecule has 0 unspecified atom stereocenters. The summed E-state index contributed by atoms with van der Waals surface area (Å²) >= 11 is 3.48. The summed E-state index contributed by atoms with van der Waals surface area (Å²) in [6, 6.07) is 11.8. The van der Waals surface area contributed by atoms with E-state index in [9.17, 15) is 14.0 Å². The van der Waals surface area contributed by atoms with Crippen molar-refractivity contribution in [2.75, 3.05) is 11.4 Å². The summed E-state index contributed by atoms with van der Waals surface area (Å²) in [5.74, 6) is 0.186. The van der Waals surface area contributed by atoms with E-state index in [1.165, 1.54) is 11.0 Å². The fourth-order valence-corrected chi connectivity index (χ4v) is 5.34. The highest BCUT2D eigenvalue weighted by Gasteiger charge is 2.49. The molecule has 0 radical (unpaired) electrons. The first-order valence-electron chi connectivity index (χ1n) is 11.7. The third kappa shape index (κ3) is 4.53. The predicted octanol–water partition coefficient (Wildman–Crippen LogP) is 6.77. The normalized spacial score (nSPS) is 22.6. The number of carbonyl (C=O) groups is 2. The number of hydrogen-bond donors (Lipinski definition) is 0. The van der Waals surface area contributed by atoms with Crippen LogP contribution in [0.3, 0.4) is 0 Å². The Morgan fingerprint density at radius 3 is 2.60 bits per heavy atom. The number of fused-ring (bicyclic) bond motifs is 1. The van der Waals surface area contributed by atoms with Gasteiger partial charge in [-0.15, -0.1) is 0 Å². The van der Waals surface area contributed by atoms with E-state index in [1.54, 1.807) is 22.8 Å². The van der Waals surface area contributed by atoms with E-state index in [-0.39, 0.29) is 11.6 Å². The van der Waals surface area contributed by atoms with E-state index in [0.29, 0.717) is 49.1 Å². The molecule has 0 N–H and O–H groups in total. The zero-order chi connectivity index (χ0) is 25.0. The number of carbonyl (C=O) groups excluding carboxylic acids is 2. The highest BCUT2D eigenvalue weighted by atomic mass is 79.9. The molecule has 2 heterocycles. The molecule has 1 aliphatic carbocycles. The van der Waals surface area contributed by atoms with E-state index in [4.69, 9.17) is 14.5 Å². The number of imidazole rings is 1. The topological polar surface area (TPSA) is 73.7 Å². The van der Waals surface area contributed by atoms with Crippen molar-refractivity contribution in [1.29, 1.82) is 0 Å². The van der Waals surface area contributed by atoms with Gasteiger partial charge >= 0.3 is 12.2 Å². The third-order valence-corrected chi connectivity index (χ3v) is 7.09. The van der Waals surface area contributed by atoms with E-state index >= 15 is 0 Å². The van der Waals surface area contributed by atoms with Crippen LogP contribution in [0.4, 0.5) is 19.7 Å². The van der Waals surface area contributed by atoms with Gasteiger partial charge in [0.05, 0.1) is 23.3 Å². The molecule has 3 aromatic rings. The Kier molecular flexibility index (Phi) is 5.86. The standard InChI is InChI=1S/C26H27BrFN3O4/c1-25(2,3)34-24(33)31-21-9-8-17(27)14-19(21)29-22(31)16-10-12-26(13-11-16)15-30(23(32)35-26)20-7-5-4-6-18(20)28/h4-9,14,16H,10-13,15H2,1-3H3/t16-,26-. The van der Waals surface area contributed by atoms with Crippen molar-refractivity contribution in [1.82, 2.24) is 9.55 Å². The summed E-state index contributed by atoms with van der Waals surface area (Å²) < 4.78 is 28.3. The highest BCUT2D eigenvalue weighted by Crippen LogP contribution is 2.44. The average Bonchev–Trinajstić information content (AvgIpc) is 3.31. The zero-order valence-electron chi connectivity index (χ0n) is 19.9. The number of benzene rings is 2. The lowest BCUT2D eigenvalue weighted by atomic mass is 9.78. The van der Waals surface area contributed by atoms with Crippen molar-refractivity contribution in [3.63, 3.8) is 0 Å². The number of aromatic nitrogens is 2. The van der Waals surface area contributed by atoms with Crippen LogP contribution >= 0.6 is 15.9 Å². The molecule has 2 aromatic carbocycles. The zero-order valence-corrected chi connectivity index (χ0v) is 21.5. The lowest BCUT2D eigenvalue weighted by molar-refractivity contribution is 0.0203. The molecule has 184 valence electrons. The molecule has 1 amide bonds. The fourth-order valence-electron chi connectivity index (χ4n) is 4.99. The van der Waals surface area contributed by atoms with Crippen LogP contribution in [0.15, 0.2) is 46.9 Å². The summed E-state index contributed by atoms with van der Waals surface area (Å²) in [6.45, 7) is 5.80. The smallest absolute Gasteiger partial charge is 0.420 e. The summed E-state index contributed by atoms with van der Waals surface area (Å²) in [5, 5.41) is 0. The Balaban J connectivity index is 1.40. The van der Waals surface area contributed by atoms with Crippen molar-refractivity contribution in [2.45, 2.75) is 63.6 Å². The monoisotopic (exact) mass is 543 g/mol. The van der Waals surface area contributed by atoms with Crippen molar-refractivity contribution in [3.05, 3.63) is 58.6 Å². The number of halogens is 2. The number of ether oxygens (including phenoxy) is 2. The number of nitrogens with zero attached hydrogens (tertiary/aromatic N) is 3. The average molecular weight is 544 g/mol. The molecule has 1 saturated heterocycles. The molecule has 5 rings (SSSR count). The van der Waals surface area contributed by atoms with Gasteiger partial charge in [-0.05, 0) is 76.8 Å². The SMILES string of the molecule is CC(C)(C)OC(=O)n1c2ccc(Br)cc2nc1[C@H]1CC[C@]2(CC1)CN(c1ccccc1F)C(=O)O2. The molecular formula is C26H27BrFN3O4. The Bertz CT molecular complexity index is 1310. The molecule has 2 aliphatic rings. The molecule has 0 atom stereocenters. The molecular weight excluding hydrogens is 517 g/mol. The van der Waals surface area contributed by atoms with Gasteiger partial charge in [-0.1, -0.05) is 28.1 Å². The first kappa shape index (κ1) is 23.8. The number of hydrogen-bond acceptors (Lipinski definition) is 5. The van der Waals surface area contributed by atoms with Crippen LogP contribution in [0.5, 0.6) is 0 Å². The van der Waals surface area contributed by atoms with Crippen LogP contribution in [-0.4, -0.2) is 39.5 Å². The van der Waals surface area contributed by atoms with Crippen molar-refractivity contribution >= 4 is 44.8 Å². The van der Waals surface area contributed by atoms with E-state index in [1.807, 2.05) is 39.0 Å². The quantitative estimate of drug-likeness (QED) is 0.356. The van der Waals surface area contributed by atoms with Gasteiger partial charge < -0.3 is 9.47 Å². The maximum Gasteiger partial charge on any atom is 0.420 e. The van der Waals surface area contributed by atoms with Crippen LogP contribution in [0.1, 0.15) is 58.2 Å². The molecule has 7 nitrogen and oxygen atoms in total. The van der Waals surface area contributed by atoms with Gasteiger partial charge in [0, 0.05) is 10.4 Å². The maximum absolute atomic E-state index is 14.3. The van der Waals surface area contributed by atoms with Gasteiger partial charge in [-0.2, -0.15) is 0 Å². The van der Waals surface area contributed by atoms with Crippen LogP contribution < -0.4 is 4.90 Å². The largest absolute Gasteiger partial charge is 0.443 e. The molecule has 1 spiro atoms. The molecule has 1 aromatic heterocycles. The number of para-hydroxylation sites is 1. The Morgan fingerprint density at radius 1 is 1.20 bits per heavy atom. The van der Waals surface area contributed by atoms with Crippen molar-refractivity contribution < 1.29 is 23.5 Å². The highest BCUT2D eigenvalue weighted by molar-refractivity contribution is 9.10. The minimum Gasteiger partial charge on any atom is -0.443 e. The van der Waals surface area contributed by atoms with Gasteiger partial charge in [0.25, 0.3) is 0 Å². The summed E-state index contributed by atoms with van der Waals surface area (Å²) in [6.07, 6.45) is 1.54. The van der Waals surface area contributed by atoms with Crippen LogP contribution in [0.25, 0.3) is 11.0 Å². The summed E-state index contributed by atoms with van der Waals surface area (Å²) in [5.41, 5.74) is 0.301. The minimum atomic E-state index is -0.679. The van der Waals surface area contributed by atoms with Crippen LogP contribution in [0.2, 0.25) is 0 Å². The Hall–Kier alpha value is -2.94. The Morgan fingerprint density at radius 2 is 1.91 bits per heavy atom. The number of anilines is 1. The first-order chi connectivity index (χ1) is 16.6. The first-order valence-corrected chi connectivity index (χ1v) is 12.5. The number of amides is 1. The maximum atomic E-state index is 14.3. The van der Waals surface area contributed by atoms with Gasteiger partial charge in [0.1, 0.15) is 22.8 Å². The minimum absolute atomic E-state index is 0.0134. The second-order valence-electron chi connectivity index (χ2n) is 10.3. The third-order valence-electron chi connectivity index (χ3n) is 6.59. The van der Waals surface area contributed by atoms with Crippen LogP contribution in [-0.2, 0) is 9.47 Å². The second-order valence-corrected chi connectivity index (χ2v) is 11.2. The summed E-state index contributed by atoms with van der Waals surface area (Å²) in [7, 11) is 0. The van der Waals surface area contributed by atoms with E-state index in [2.05, 4.69) is 15.9 Å². The molecule has 9 heteroatoms. The molecule has 1 aliphatic heterocycles.